The van der Waals surface area contributed by atoms with Crippen molar-refractivity contribution in [2.24, 2.45) is 5.92 Å². The Hall–Kier alpha value is -3.08. The maximum atomic E-state index is 11.1. The maximum Gasteiger partial charge on any atom is 0.309 e. The summed E-state index contributed by atoms with van der Waals surface area (Å²) in [6.45, 7) is 4.94. The number of carboxylic acid groups (broad SMARTS) is 1. The monoisotopic (exact) mass is 475 g/mol. The second-order valence-electron chi connectivity index (χ2n) is 9.13. The molecule has 5 heteroatoms. The number of fused-ring (bicyclic) bond motifs is 1. The second kappa shape index (κ2) is 10.5. The van der Waals surface area contributed by atoms with Gasteiger partial charge >= 0.3 is 5.97 Å². The first-order valence-electron chi connectivity index (χ1n) is 11.6. The number of halogens is 1. The molecule has 1 N–H and O–H groups in total. The van der Waals surface area contributed by atoms with E-state index in [2.05, 4.69) is 78.6 Å². The van der Waals surface area contributed by atoms with Gasteiger partial charge in [-0.1, -0.05) is 60.2 Å². The van der Waals surface area contributed by atoms with Gasteiger partial charge in [0.2, 0.25) is 0 Å². The lowest BCUT2D eigenvalue weighted by Gasteiger charge is -2.38. The molecule has 0 bridgehead atoms. The third-order valence-electron chi connectivity index (χ3n) is 6.87. The lowest BCUT2D eigenvalue weighted by molar-refractivity contribution is -0.147. The number of rotatable bonds is 7. The number of aryl methyl sites for hydroxylation is 1. The summed E-state index contributed by atoms with van der Waals surface area (Å²) in [5.74, 6) is 0.0299. The number of carbonyl (C=O) groups is 1. The van der Waals surface area contributed by atoms with Crippen LogP contribution < -0.4 is 4.74 Å². The number of likely N-dealkylation sites (tertiary alicyclic amines) is 1. The first-order chi connectivity index (χ1) is 16.1. The average molecular weight is 476 g/mol. The molecule has 3 aromatic carbocycles. The van der Waals surface area contributed by atoms with Crippen LogP contribution in [-0.2, 0) is 17.8 Å². The third-order valence-corrected chi connectivity index (χ3v) is 6.87. The number of hydrogen-bond donors (Lipinski definition) is 1. The Morgan fingerprint density at radius 2 is 1.74 bits per heavy atom. The molecule has 0 radical (unpaired) electrons. The number of allylic oxidation sites excluding steroid dienone is 1. The molecule has 176 valence electrons. The molecule has 1 fully saturated rings. The lowest BCUT2D eigenvalue weighted by atomic mass is 9.85. The largest absolute Gasteiger partial charge is 0.489 e. The Balaban J connectivity index is 0.00000274. The molecule has 1 aliphatic carbocycles. The zero-order valence-corrected chi connectivity index (χ0v) is 20.2. The van der Waals surface area contributed by atoms with Crippen LogP contribution in [0.1, 0.15) is 30.0 Å². The fourth-order valence-corrected chi connectivity index (χ4v) is 4.86. The highest BCUT2D eigenvalue weighted by atomic mass is 35.5. The van der Waals surface area contributed by atoms with Crippen molar-refractivity contribution in [1.29, 1.82) is 0 Å². The topological polar surface area (TPSA) is 49.8 Å². The van der Waals surface area contributed by atoms with E-state index >= 15 is 0 Å². The predicted molar refractivity (Wildman–Crippen MR) is 138 cm³/mol. The number of hydrogen-bond acceptors (Lipinski definition) is 3. The van der Waals surface area contributed by atoms with Crippen LogP contribution in [-0.4, -0.2) is 35.6 Å². The molecule has 5 rings (SSSR count). The summed E-state index contributed by atoms with van der Waals surface area (Å²) in [5, 5.41) is 9.10. The van der Waals surface area contributed by atoms with E-state index in [1.165, 1.54) is 33.4 Å². The maximum absolute atomic E-state index is 11.1. The summed E-state index contributed by atoms with van der Waals surface area (Å²) < 4.78 is 6.16. The zero-order chi connectivity index (χ0) is 22.8. The van der Waals surface area contributed by atoms with Crippen molar-refractivity contribution < 1.29 is 14.6 Å². The van der Waals surface area contributed by atoms with Crippen molar-refractivity contribution in [3.63, 3.8) is 0 Å². The fourth-order valence-electron chi connectivity index (χ4n) is 4.86. The molecule has 34 heavy (non-hydrogen) atoms. The molecular weight excluding hydrogens is 446 g/mol. The summed E-state index contributed by atoms with van der Waals surface area (Å²) in [6, 6.07) is 25.3. The average Bonchev–Trinajstić information content (AvgIpc) is 2.81. The van der Waals surface area contributed by atoms with Crippen LogP contribution in [0.3, 0.4) is 0 Å². The van der Waals surface area contributed by atoms with E-state index in [0.717, 1.165) is 30.7 Å². The van der Waals surface area contributed by atoms with E-state index in [-0.39, 0.29) is 18.3 Å². The zero-order valence-electron chi connectivity index (χ0n) is 19.4. The second-order valence-corrected chi connectivity index (χ2v) is 9.13. The summed E-state index contributed by atoms with van der Waals surface area (Å²) in [5.41, 5.74) is 8.95. The quantitative estimate of drug-likeness (QED) is 0.449. The van der Waals surface area contributed by atoms with Crippen molar-refractivity contribution in [2.75, 3.05) is 19.6 Å². The molecule has 3 aromatic rings. The predicted octanol–water partition coefficient (Wildman–Crippen LogP) is 6.09. The molecular formula is C29H30ClNO3. The van der Waals surface area contributed by atoms with Crippen molar-refractivity contribution in [1.82, 2.24) is 4.90 Å². The summed E-state index contributed by atoms with van der Waals surface area (Å²) in [4.78, 5) is 13.3. The van der Waals surface area contributed by atoms with Crippen LogP contribution >= 0.6 is 12.4 Å². The summed E-state index contributed by atoms with van der Waals surface area (Å²) >= 11 is 0. The van der Waals surface area contributed by atoms with Crippen molar-refractivity contribution in [3.8, 4) is 16.9 Å². The van der Waals surface area contributed by atoms with E-state index in [9.17, 15) is 4.79 Å². The molecule has 0 atom stereocenters. The number of benzene rings is 3. The van der Waals surface area contributed by atoms with E-state index in [4.69, 9.17) is 9.84 Å². The van der Waals surface area contributed by atoms with Crippen LogP contribution in [0.2, 0.25) is 0 Å². The normalized spacial score (nSPS) is 15.8. The first kappa shape index (κ1) is 24.1. The Kier molecular flexibility index (Phi) is 7.40. The first-order valence-corrected chi connectivity index (χ1v) is 11.6. The number of aliphatic carboxylic acids is 1. The van der Waals surface area contributed by atoms with Crippen LogP contribution in [0.15, 0.2) is 78.4 Å². The Bertz CT molecular complexity index is 1200. The van der Waals surface area contributed by atoms with Gasteiger partial charge in [-0.15, -0.1) is 12.4 Å². The molecule has 4 nitrogen and oxygen atoms in total. The Morgan fingerprint density at radius 3 is 2.50 bits per heavy atom. The minimum absolute atomic E-state index is 0. The molecule has 0 aromatic heterocycles. The lowest BCUT2D eigenvalue weighted by Crippen LogP contribution is -2.50. The van der Waals surface area contributed by atoms with Crippen LogP contribution in [0.5, 0.6) is 5.75 Å². The number of carboxylic acids is 1. The van der Waals surface area contributed by atoms with Crippen LogP contribution in [0.25, 0.3) is 16.7 Å². The molecule has 0 unspecified atom stereocenters. The van der Waals surface area contributed by atoms with E-state index < -0.39 is 5.97 Å². The number of nitrogens with zero attached hydrogens (tertiary/aromatic N) is 1. The van der Waals surface area contributed by atoms with E-state index in [0.29, 0.717) is 19.7 Å². The molecule has 1 aliphatic heterocycles. The van der Waals surface area contributed by atoms with Gasteiger partial charge in [0.05, 0.1) is 5.92 Å². The molecule has 0 spiro atoms. The highest BCUT2D eigenvalue weighted by molar-refractivity contribution is 5.85. The Labute approximate surface area is 207 Å². The summed E-state index contributed by atoms with van der Waals surface area (Å²) in [6.07, 6.45) is 2.02. The third kappa shape index (κ3) is 5.19. The fraction of sp³-hybridized carbons (Fsp3) is 0.276. The van der Waals surface area contributed by atoms with Gasteiger partial charge in [0.15, 0.2) is 0 Å². The minimum Gasteiger partial charge on any atom is -0.489 e. The molecule has 0 saturated carbocycles. The van der Waals surface area contributed by atoms with Crippen LogP contribution in [0, 0.1) is 5.92 Å². The molecule has 2 aliphatic rings. The molecule has 1 heterocycles. The van der Waals surface area contributed by atoms with Crippen molar-refractivity contribution in [2.45, 2.75) is 26.4 Å². The van der Waals surface area contributed by atoms with E-state index in [1.54, 1.807) is 0 Å². The minimum atomic E-state index is -0.676. The van der Waals surface area contributed by atoms with Gasteiger partial charge in [0, 0.05) is 19.6 Å². The van der Waals surface area contributed by atoms with Crippen molar-refractivity contribution in [3.05, 3.63) is 95.1 Å². The van der Waals surface area contributed by atoms with Gasteiger partial charge in [0.25, 0.3) is 0 Å². The highest BCUT2D eigenvalue weighted by Crippen LogP contribution is 2.34. The van der Waals surface area contributed by atoms with Crippen molar-refractivity contribution >= 4 is 23.9 Å². The van der Waals surface area contributed by atoms with Gasteiger partial charge < -0.3 is 9.84 Å². The van der Waals surface area contributed by atoms with E-state index in [1.807, 2.05) is 6.07 Å². The van der Waals surface area contributed by atoms with Gasteiger partial charge in [-0.05, 0) is 71.4 Å². The number of ether oxygens (including phenoxy) is 1. The highest BCUT2D eigenvalue weighted by Gasteiger charge is 2.33. The molecule has 0 amide bonds. The van der Waals surface area contributed by atoms with Gasteiger partial charge in [-0.3, -0.25) is 9.69 Å². The smallest absolute Gasteiger partial charge is 0.309 e. The van der Waals surface area contributed by atoms with Crippen LogP contribution in [0.4, 0.5) is 0 Å². The summed E-state index contributed by atoms with van der Waals surface area (Å²) in [7, 11) is 0. The SMILES string of the molecule is CC1=C(CN2CC(C(=O)O)C2)CCc2cc(OCc3cccc(-c4ccccc4)c3)ccc21.Cl. The Morgan fingerprint density at radius 1 is 0.971 bits per heavy atom. The molecule has 1 saturated heterocycles. The van der Waals surface area contributed by atoms with Gasteiger partial charge in [-0.2, -0.15) is 0 Å². The van der Waals surface area contributed by atoms with Gasteiger partial charge in [0.1, 0.15) is 12.4 Å². The standard InChI is InChI=1S/C29H29NO3.ClH/c1-20-25(16-30-17-26(18-30)29(31)32)11-10-24-15-27(12-13-28(20)24)33-19-21-6-5-9-23(14-21)22-7-3-2-4-8-22;/h2-9,12-15,26H,10-11,16-19H2,1H3,(H,31,32);1H. The van der Waals surface area contributed by atoms with Gasteiger partial charge in [-0.25, -0.2) is 0 Å².